The van der Waals surface area contributed by atoms with E-state index in [9.17, 15) is 4.39 Å². The van der Waals surface area contributed by atoms with Crippen LogP contribution in [0.3, 0.4) is 0 Å². The van der Waals surface area contributed by atoms with Crippen molar-refractivity contribution in [2.45, 2.75) is 39.3 Å². The van der Waals surface area contributed by atoms with Gasteiger partial charge in [0.2, 0.25) is 0 Å². The Labute approximate surface area is 191 Å². The number of hydrogen-bond donors (Lipinski definition) is 0. The molecule has 2 aromatic heterocycles. The first-order valence-corrected chi connectivity index (χ1v) is 11.1. The van der Waals surface area contributed by atoms with Gasteiger partial charge in [-0.3, -0.25) is 4.90 Å². The van der Waals surface area contributed by atoms with Gasteiger partial charge in [0.15, 0.2) is 11.6 Å². The van der Waals surface area contributed by atoms with Crippen LogP contribution in [0, 0.1) is 19.7 Å². The quantitative estimate of drug-likeness (QED) is 0.413. The summed E-state index contributed by atoms with van der Waals surface area (Å²) in [5.74, 6) is -0.193. The third kappa shape index (κ3) is 4.02. The third-order valence-electron chi connectivity index (χ3n) is 6.32. The molecule has 0 aliphatic carbocycles. The number of aromatic nitrogens is 4. The van der Waals surface area contributed by atoms with Gasteiger partial charge in [-0.05, 0) is 63.1 Å². The van der Waals surface area contributed by atoms with Gasteiger partial charge in [-0.2, -0.15) is 5.10 Å². The fourth-order valence-corrected chi connectivity index (χ4v) is 4.61. The molecule has 0 unspecified atom stereocenters. The molecular formula is C25H26FN5O2. The van der Waals surface area contributed by atoms with Crippen LogP contribution in [0.1, 0.15) is 41.4 Å². The zero-order chi connectivity index (χ0) is 22.9. The average molecular weight is 448 g/mol. The van der Waals surface area contributed by atoms with Gasteiger partial charge in [-0.15, -0.1) is 0 Å². The Kier molecular flexibility index (Phi) is 5.68. The number of benzene rings is 2. The van der Waals surface area contributed by atoms with Crippen molar-refractivity contribution in [3.63, 3.8) is 0 Å². The Hall–Kier alpha value is -3.52. The number of para-hydroxylation sites is 1. The smallest absolute Gasteiger partial charge is 0.165 e. The van der Waals surface area contributed by atoms with Crippen LogP contribution in [-0.2, 0) is 6.54 Å². The number of rotatable bonds is 6. The van der Waals surface area contributed by atoms with E-state index in [2.05, 4.69) is 28.2 Å². The first-order chi connectivity index (χ1) is 16.0. The molecule has 1 saturated heterocycles. The molecule has 0 bridgehead atoms. The van der Waals surface area contributed by atoms with Crippen LogP contribution in [0.5, 0.6) is 5.75 Å². The summed E-state index contributed by atoms with van der Waals surface area (Å²) < 4.78 is 26.5. The summed E-state index contributed by atoms with van der Waals surface area (Å²) in [4.78, 5) is 2.37. The summed E-state index contributed by atoms with van der Waals surface area (Å²) in [6.45, 7) is 5.57. The number of likely N-dealkylation sites (tertiary alicyclic amines) is 1. The van der Waals surface area contributed by atoms with Crippen molar-refractivity contribution in [2.24, 2.45) is 0 Å². The van der Waals surface area contributed by atoms with Crippen LogP contribution in [0.4, 0.5) is 4.39 Å². The molecule has 1 aliphatic heterocycles. The lowest BCUT2D eigenvalue weighted by Crippen LogP contribution is -2.23. The number of halogens is 1. The van der Waals surface area contributed by atoms with E-state index < -0.39 is 5.82 Å². The minimum Gasteiger partial charge on any atom is -0.494 e. The second-order valence-electron chi connectivity index (χ2n) is 8.45. The van der Waals surface area contributed by atoms with Crippen LogP contribution in [0.2, 0.25) is 0 Å². The molecule has 0 amide bonds. The zero-order valence-corrected chi connectivity index (χ0v) is 19.0. The summed E-state index contributed by atoms with van der Waals surface area (Å²) in [5, 5.41) is 13.0. The van der Waals surface area contributed by atoms with Gasteiger partial charge >= 0.3 is 0 Å². The molecule has 2 aromatic carbocycles. The van der Waals surface area contributed by atoms with E-state index in [0.717, 1.165) is 53.3 Å². The Bertz CT molecular complexity index is 1280. The lowest BCUT2D eigenvalue weighted by Gasteiger charge is -2.22. The van der Waals surface area contributed by atoms with E-state index in [-0.39, 0.29) is 11.8 Å². The Morgan fingerprint density at radius 1 is 1.15 bits per heavy atom. The van der Waals surface area contributed by atoms with Crippen molar-refractivity contribution in [3.05, 3.63) is 77.0 Å². The van der Waals surface area contributed by atoms with Crippen LogP contribution in [0.15, 0.2) is 53.3 Å². The van der Waals surface area contributed by atoms with Crippen molar-refractivity contribution >= 4 is 0 Å². The minimum atomic E-state index is -0.408. The number of ether oxygens (including phenoxy) is 1. The molecule has 0 spiro atoms. The number of methoxy groups -OCH3 is 1. The molecule has 3 heterocycles. The van der Waals surface area contributed by atoms with Gasteiger partial charge < -0.3 is 4.74 Å². The lowest BCUT2D eigenvalue weighted by atomic mass is 10.1. The maximum absolute atomic E-state index is 14.6. The molecule has 33 heavy (non-hydrogen) atoms. The Morgan fingerprint density at radius 3 is 2.73 bits per heavy atom. The number of nitrogens with zero attached hydrogens (tertiary/aromatic N) is 5. The largest absolute Gasteiger partial charge is 0.494 e. The fraction of sp³-hybridized carbons (Fsp3) is 0.320. The van der Waals surface area contributed by atoms with Gasteiger partial charge in [-0.25, -0.2) is 13.7 Å². The molecule has 0 radical (unpaired) electrons. The Morgan fingerprint density at radius 2 is 2.00 bits per heavy atom. The van der Waals surface area contributed by atoms with Gasteiger partial charge in [-0.1, -0.05) is 28.5 Å². The normalized spacial score (nSPS) is 16.4. The SMILES string of the molecule is COc1ccc(-c2nn(-c3ccccc3C)cc2CN2CCC[C@@H]2c2nonc2C)cc1F. The van der Waals surface area contributed by atoms with Crippen molar-refractivity contribution in [1.29, 1.82) is 0 Å². The van der Waals surface area contributed by atoms with Crippen LogP contribution < -0.4 is 4.74 Å². The fourth-order valence-electron chi connectivity index (χ4n) is 4.61. The number of hydrogen-bond acceptors (Lipinski definition) is 6. The molecule has 7 nitrogen and oxygen atoms in total. The summed E-state index contributed by atoms with van der Waals surface area (Å²) in [7, 11) is 1.46. The third-order valence-corrected chi connectivity index (χ3v) is 6.32. The lowest BCUT2D eigenvalue weighted by molar-refractivity contribution is 0.231. The van der Waals surface area contributed by atoms with E-state index in [0.29, 0.717) is 12.1 Å². The molecule has 170 valence electrons. The molecular weight excluding hydrogens is 421 g/mol. The topological polar surface area (TPSA) is 69.2 Å². The zero-order valence-electron chi connectivity index (χ0n) is 19.0. The highest BCUT2D eigenvalue weighted by molar-refractivity contribution is 5.64. The first-order valence-electron chi connectivity index (χ1n) is 11.1. The van der Waals surface area contributed by atoms with E-state index >= 15 is 0 Å². The van der Waals surface area contributed by atoms with Crippen LogP contribution >= 0.6 is 0 Å². The molecule has 1 fully saturated rings. The van der Waals surface area contributed by atoms with Crippen molar-refractivity contribution in [3.8, 4) is 22.7 Å². The second-order valence-corrected chi connectivity index (χ2v) is 8.45. The Balaban J connectivity index is 1.56. The summed E-state index contributed by atoms with van der Waals surface area (Å²) in [6.07, 6.45) is 4.10. The summed E-state index contributed by atoms with van der Waals surface area (Å²) in [6, 6.07) is 13.2. The summed E-state index contributed by atoms with van der Waals surface area (Å²) >= 11 is 0. The number of aryl methyl sites for hydroxylation is 2. The van der Waals surface area contributed by atoms with Crippen LogP contribution in [0.25, 0.3) is 16.9 Å². The first kappa shape index (κ1) is 21.3. The second kappa shape index (κ2) is 8.78. The predicted octanol–water partition coefficient (Wildman–Crippen LogP) is 5.02. The molecule has 0 saturated carbocycles. The highest BCUT2D eigenvalue weighted by Crippen LogP contribution is 2.36. The molecule has 1 atom stereocenters. The van der Waals surface area contributed by atoms with Gasteiger partial charge in [0, 0.05) is 23.9 Å². The van der Waals surface area contributed by atoms with Gasteiger partial charge in [0.1, 0.15) is 11.4 Å². The van der Waals surface area contributed by atoms with Crippen molar-refractivity contribution in [2.75, 3.05) is 13.7 Å². The molecule has 5 rings (SSSR count). The maximum atomic E-state index is 14.6. The predicted molar refractivity (Wildman–Crippen MR) is 122 cm³/mol. The maximum Gasteiger partial charge on any atom is 0.165 e. The van der Waals surface area contributed by atoms with Crippen molar-refractivity contribution < 1.29 is 13.8 Å². The molecule has 1 aliphatic rings. The molecule has 8 heteroatoms. The molecule has 4 aromatic rings. The van der Waals surface area contributed by atoms with E-state index in [1.165, 1.54) is 13.2 Å². The van der Waals surface area contributed by atoms with E-state index in [1.54, 1.807) is 6.07 Å². The van der Waals surface area contributed by atoms with Gasteiger partial charge in [0.25, 0.3) is 0 Å². The van der Waals surface area contributed by atoms with Crippen LogP contribution in [-0.4, -0.2) is 38.6 Å². The standard InChI is InChI=1S/C25H26FN5O2/c1-16-7-4-5-8-21(16)31-15-19(25(27-31)18-10-11-23(32-3)20(26)13-18)14-30-12-6-9-22(30)24-17(2)28-33-29-24/h4-5,7-8,10-11,13,15,22H,6,9,12,14H2,1-3H3/t22-/m1/s1. The highest BCUT2D eigenvalue weighted by Gasteiger charge is 2.31. The minimum absolute atomic E-state index is 0.138. The highest BCUT2D eigenvalue weighted by atomic mass is 19.1. The van der Waals surface area contributed by atoms with E-state index in [4.69, 9.17) is 14.5 Å². The average Bonchev–Trinajstić information content (AvgIpc) is 3.54. The monoisotopic (exact) mass is 447 g/mol. The van der Waals surface area contributed by atoms with Crippen molar-refractivity contribution in [1.82, 2.24) is 25.0 Å². The van der Waals surface area contributed by atoms with E-state index in [1.807, 2.05) is 42.1 Å². The van der Waals surface area contributed by atoms with Gasteiger partial charge in [0.05, 0.1) is 24.5 Å². The summed E-state index contributed by atoms with van der Waals surface area (Å²) in [5.41, 5.74) is 6.29. The molecule has 0 N–H and O–H groups in total.